The van der Waals surface area contributed by atoms with Gasteiger partial charge in [0, 0.05) is 38.7 Å². The van der Waals surface area contributed by atoms with Gasteiger partial charge in [-0.05, 0) is 104 Å². The quantitative estimate of drug-likeness (QED) is 0.148. The molecule has 0 atom stereocenters. The summed E-state index contributed by atoms with van der Waals surface area (Å²) in [6.45, 7) is 4.73. The van der Waals surface area contributed by atoms with Gasteiger partial charge in [-0.25, -0.2) is 0 Å². The number of anilines is 3. The van der Waals surface area contributed by atoms with E-state index in [0.717, 1.165) is 28.3 Å². The Morgan fingerprint density at radius 2 is 0.862 bits per heavy atom. The number of nitrogens with zero attached hydrogens (tertiary/aromatic N) is 2. The summed E-state index contributed by atoms with van der Waals surface area (Å²) in [5, 5.41) is 2.50. The summed E-state index contributed by atoms with van der Waals surface area (Å²) in [6.07, 6.45) is 0. The first kappa shape index (κ1) is 38.5. The van der Waals surface area contributed by atoms with Crippen LogP contribution in [-0.4, -0.2) is 4.57 Å². The summed E-state index contributed by atoms with van der Waals surface area (Å²) < 4.78 is 2.40. The topological polar surface area (TPSA) is 8.17 Å². The van der Waals surface area contributed by atoms with Crippen molar-refractivity contribution in [2.24, 2.45) is 0 Å². The van der Waals surface area contributed by atoms with Gasteiger partial charge in [0.2, 0.25) is 0 Å². The van der Waals surface area contributed by atoms with E-state index < -0.39 is 0 Å². The Hall–Kier alpha value is -8.20. The Morgan fingerprint density at radius 1 is 0.338 bits per heavy atom. The lowest BCUT2D eigenvalue weighted by atomic mass is 9.82. The van der Waals surface area contributed by atoms with Gasteiger partial charge in [0.05, 0.1) is 22.4 Å². The smallest absolute Gasteiger partial charge is 0.0547 e. The van der Waals surface area contributed by atoms with E-state index in [0.29, 0.717) is 0 Å². The second-order valence-corrected chi connectivity index (χ2v) is 17.6. The SMILES string of the molecule is CC1(C)c2ccccc2-c2c(N(c3ccc(-c4ccc5c6ccccc6n(-c6ccccc6)c5c4)cc3)c3cccc(-c4ccccc4)c3-c3ccccc3-c3ccccc3)cccc21. The summed E-state index contributed by atoms with van der Waals surface area (Å²) in [5.41, 5.74) is 21.5. The zero-order chi connectivity index (χ0) is 43.5. The molecule has 0 unspecified atom stereocenters. The van der Waals surface area contributed by atoms with Crippen LogP contribution in [0.5, 0.6) is 0 Å². The van der Waals surface area contributed by atoms with Crippen LogP contribution in [0.25, 0.3) is 83.1 Å². The van der Waals surface area contributed by atoms with Crippen LogP contribution in [0.1, 0.15) is 25.0 Å². The molecule has 0 radical (unpaired) electrons. The van der Waals surface area contributed by atoms with Crippen LogP contribution in [0, 0.1) is 0 Å². The second kappa shape index (κ2) is 15.6. The summed E-state index contributed by atoms with van der Waals surface area (Å²) >= 11 is 0. The highest BCUT2D eigenvalue weighted by atomic mass is 15.1. The van der Waals surface area contributed by atoms with Crippen molar-refractivity contribution in [1.82, 2.24) is 4.57 Å². The third kappa shape index (κ3) is 6.32. The molecule has 65 heavy (non-hydrogen) atoms. The van der Waals surface area contributed by atoms with Gasteiger partial charge in [-0.15, -0.1) is 0 Å². The highest BCUT2D eigenvalue weighted by Crippen LogP contribution is 2.56. The Kier molecular flexibility index (Phi) is 9.21. The zero-order valence-corrected chi connectivity index (χ0v) is 36.5. The minimum absolute atomic E-state index is 0.160. The molecule has 308 valence electrons. The Morgan fingerprint density at radius 3 is 1.60 bits per heavy atom. The van der Waals surface area contributed by atoms with Crippen LogP contribution in [0.2, 0.25) is 0 Å². The van der Waals surface area contributed by atoms with Crippen molar-refractivity contribution < 1.29 is 0 Å². The van der Waals surface area contributed by atoms with Gasteiger partial charge >= 0.3 is 0 Å². The maximum absolute atomic E-state index is 2.53. The van der Waals surface area contributed by atoms with Gasteiger partial charge < -0.3 is 9.47 Å². The average molecular weight is 831 g/mol. The monoisotopic (exact) mass is 830 g/mol. The van der Waals surface area contributed by atoms with Crippen LogP contribution >= 0.6 is 0 Å². The van der Waals surface area contributed by atoms with Crippen molar-refractivity contribution in [3.63, 3.8) is 0 Å². The highest BCUT2D eigenvalue weighted by molar-refractivity contribution is 6.10. The van der Waals surface area contributed by atoms with Crippen molar-refractivity contribution in [3.05, 3.63) is 254 Å². The van der Waals surface area contributed by atoms with Gasteiger partial charge in [-0.1, -0.05) is 208 Å². The lowest BCUT2D eigenvalue weighted by Gasteiger charge is -2.32. The molecular formula is C63H46N2. The Bertz CT molecular complexity index is 3550. The van der Waals surface area contributed by atoms with Gasteiger partial charge in [-0.3, -0.25) is 0 Å². The van der Waals surface area contributed by atoms with Crippen LogP contribution in [0.4, 0.5) is 17.1 Å². The van der Waals surface area contributed by atoms with Crippen LogP contribution in [-0.2, 0) is 5.41 Å². The molecule has 10 aromatic carbocycles. The van der Waals surface area contributed by atoms with E-state index in [1.165, 1.54) is 83.0 Å². The number of aromatic nitrogens is 1. The van der Waals surface area contributed by atoms with Gasteiger partial charge in [0.1, 0.15) is 0 Å². The molecule has 1 aromatic heterocycles. The molecule has 1 aliphatic carbocycles. The van der Waals surface area contributed by atoms with Gasteiger partial charge in [0.15, 0.2) is 0 Å². The van der Waals surface area contributed by atoms with Crippen molar-refractivity contribution in [1.29, 1.82) is 0 Å². The van der Waals surface area contributed by atoms with Crippen LogP contribution in [0.15, 0.2) is 243 Å². The summed E-state index contributed by atoms with van der Waals surface area (Å²) in [6, 6.07) is 88.9. The maximum Gasteiger partial charge on any atom is 0.0547 e. The minimum atomic E-state index is -0.160. The van der Waals surface area contributed by atoms with E-state index in [1.807, 2.05) is 0 Å². The average Bonchev–Trinajstić information content (AvgIpc) is 3.83. The third-order valence-electron chi connectivity index (χ3n) is 13.6. The summed E-state index contributed by atoms with van der Waals surface area (Å²) in [7, 11) is 0. The van der Waals surface area contributed by atoms with Gasteiger partial charge in [-0.2, -0.15) is 0 Å². The zero-order valence-electron chi connectivity index (χ0n) is 36.5. The molecule has 0 bridgehead atoms. The summed E-state index contributed by atoms with van der Waals surface area (Å²) in [5.74, 6) is 0. The largest absolute Gasteiger partial charge is 0.309 e. The Balaban J connectivity index is 1.10. The molecule has 0 fully saturated rings. The number of rotatable bonds is 8. The van der Waals surface area contributed by atoms with Gasteiger partial charge in [0.25, 0.3) is 0 Å². The predicted octanol–water partition coefficient (Wildman–Crippen LogP) is 17.2. The van der Waals surface area contributed by atoms with Crippen molar-refractivity contribution in [2.45, 2.75) is 19.3 Å². The number of hydrogen-bond acceptors (Lipinski definition) is 1. The minimum Gasteiger partial charge on any atom is -0.309 e. The molecule has 0 amide bonds. The highest BCUT2D eigenvalue weighted by Gasteiger charge is 2.38. The molecule has 1 aliphatic rings. The summed E-state index contributed by atoms with van der Waals surface area (Å²) in [4.78, 5) is 2.53. The van der Waals surface area contributed by atoms with E-state index >= 15 is 0 Å². The number of hydrogen-bond donors (Lipinski definition) is 0. The Labute approximate surface area is 381 Å². The first-order valence-electron chi connectivity index (χ1n) is 22.6. The molecule has 0 spiro atoms. The molecule has 0 saturated heterocycles. The van der Waals surface area contributed by atoms with E-state index in [-0.39, 0.29) is 5.41 Å². The number of benzene rings is 10. The first-order chi connectivity index (χ1) is 32.0. The fourth-order valence-corrected chi connectivity index (χ4v) is 10.6. The second-order valence-electron chi connectivity index (χ2n) is 17.6. The van der Waals surface area contributed by atoms with Crippen molar-refractivity contribution >= 4 is 38.9 Å². The fourth-order valence-electron chi connectivity index (χ4n) is 10.6. The molecule has 0 N–H and O–H groups in total. The van der Waals surface area contributed by atoms with E-state index in [9.17, 15) is 0 Å². The molecule has 0 saturated carbocycles. The molecule has 0 aliphatic heterocycles. The van der Waals surface area contributed by atoms with E-state index in [2.05, 4.69) is 266 Å². The van der Waals surface area contributed by atoms with Crippen LogP contribution < -0.4 is 4.90 Å². The standard InChI is InChI=1S/C63H46N2/c1-63(2)55-31-16-14-29-54(55)62-56(63)32-19-35-59(62)65(58-34-18-30-50(45-22-8-4-9-23-45)61(58)53-28-13-12-26-49(53)44-20-6-3-7-21-44)48-39-36-43(37-40-48)46-38-41-52-51-27-15-17-33-57(51)64(60(52)42-46)47-24-10-5-11-25-47/h3-42H,1-2H3. The van der Waals surface area contributed by atoms with Crippen molar-refractivity contribution in [2.75, 3.05) is 4.90 Å². The normalized spacial score (nSPS) is 12.6. The number of fused-ring (bicyclic) bond motifs is 6. The molecule has 12 rings (SSSR count). The van der Waals surface area contributed by atoms with E-state index in [4.69, 9.17) is 0 Å². The maximum atomic E-state index is 2.53. The third-order valence-corrected chi connectivity index (χ3v) is 13.6. The fraction of sp³-hybridized carbons (Fsp3) is 0.0476. The van der Waals surface area contributed by atoms with Crippen LogP contribution in [0.3, 0.4) is 0 Å². The van der Waals surface area contributed by atoms with E-state index in [1.54, 1.807) is 0 Å². The molecule has 2 nitrogen and oxygen atoms in total. The molecule has 2 heteroatoms. The molecule has 11 aromatic rings. The lowest BCUT2D eigenvalue weighted by molar-refractivity contribution is 0.660. The molecular weight excluding hydrogens is 785 g/mol. The molecule has 1 heterocycles. The lowest BCUT2D eigenvalue weighted by Crippen LogP contribution is -2.16. The van der Waals surface area contributed by atoms with Crippen molar-refractivity contribution in [3.8, 4) is 61.3 Å². The number of para-hydroxylation sites is 2. The first-order valence-corrected chi connectivity index (χ1v) is 22.6. The predicted molar refractivity (Wildman–Crippen MR) is 275 cm³/mol.